The van der Waals surface area contributed by atoms with E-state index in [2.05, 4.69) is 19.6 Å². The highest BCUT2D eigenvalue weighted by Gasteiger charge is 2.00. The van der Waals surface area contributed by atoms with E-state index in [0.29, 0.717) is 6.61 Å². The second-order valence-electron chi connectivity index (χ2n) is 3.48. The number of unbranched alkanes of at least 4 members (excludes halogenated alkanes) is 3. The van der Waals surface area contributed by atoms with Crippen LogP contribution in [0.15, 0.2) is 0 Å². The second-order valence-corrected chi connectivity index (χ2v) is 3.93. The van der Waals surface area contributed by atoms with Crippen molar-refractivity contribution in [2.45, 2.75) is 45.6 Å². The minimum absolute atomic E-state index is 0.236. The quantitative estimate of drug-likeness (QED) is 0.451. The highest BCUT2D eigenvalue weighted by Crippen LogP contribution is 2.02. The molecular formula is C11H24O2S. The highest BCUT2D eigenvalue weighted by atomic mass is 32.1. The number of rotatable bonds is 10. The van der Waals surface area contributed by atoms with E-state index < -0.39 is 0 Å². The van der Waals surface area contributed by atoms with Crippen molar-refractivity contribution >= 4 is 12.6 Å². The van der Waals surface area contributed by atoms with Gasteiger partial charge >= 0.3 is 0 Å². The lowest BCUT2D eigenvalue weighted by Crippen LogP contribution is -2.16. The Morgan fingerprint density at radius 2 is 1.86 bits per heavy atom. The van der Waals surface area contributed by atoms with Crippen molar-refractivity contribution in [2.75, 3.05) is 25.6 Å². The zero-order chi connectivity index (χ0) is 10.6. The van der Waals surface area contributed by atoms with E-state index in [1.54, 1.807) is 0 Å². The van der Waals surface area contributed by atoms with Gasteiger partial charge in [0.25, 0.3) is 0 Å². The van der Waals surface area contributed by atoms with Crippen LogP contribution < -0.4 is 0 Å². The van der Waals surface area contributed by atoms with Crippen molar-refractivity contribution in [2.24, 2.45) is 0 Å². The molecule has 0 heterocycles. The molecule has 0 saturated heterocycles. The summed E-state index contributed by atoms with van der Waals surface area (Å²) in [6, 6.07) is 0. The summed E-state index contributed by atoms with van der Waals surface area (Å²) in [5.41, 5.74) is 0. The molecule has 0 aromatic heterocycles. The maximum Gasteiger partial charge on any atom is 0.0780 e. The standard InChI is InChI=1S/C11H24O2S/c1-3-12-10-11(2)13-8-6-4-5-7-9-14/h11,14H,3-10H2,1-2H3. The van der Waals surface area contributed by atoms with Gasteiger partial charge in [-0.05, 0) is 32.4 Å². The number of ether oxygens (including phenoxy) is 2. The number of hydrogen-bond acceptors (Lipinski definition) is 3. The van der Waals surface area contributed by atoms with Crippen molar-refractivity contribution in [3.63, 3.8) is 0 Å². The summed E-state index contributed by atoms with van der Waals surface area (Å²) < 4.78 is 10.8. The largest absolute Gasteiger partial charge is 0.379 e. The van der Waals surface area contributed by atoms with Gasteiger partial charge in [-0.25, -0.2) is 0 Å². The summed E-state index contributed by atoms with van der Waals surface area (Å²) in [7, 11) is 0. The van der Waals surface area contributed by atoms with Crippen LogP contribution in [0.3, 0.4) is 0 Å². The summed E-state index contributed by atoms with van der Waals surface area (Å²) in [6.07, 6.45) is 5.14. The van der Waals surface area contributed by atoms with Crippen molar-refractivity contribution in [3.8, 4) is 0 Å². The van der Waals surface area contributed by atoms with Gasteiger partial charge in [0.05, 0.1) is 12.7 Å². The van der Waals surface area contributed by atoms with Crippen LogP contribution in [0.1, 0.15) is 39.5 Å². The summed E-state index contributed by atoms with van der Waals surface area (Å²) in [6.45, 7) is 6.41. The van der Waals surface area contributed by atoms with Crippen molar-refractivity contribution in [1.29, 1.82) is 0 Å². The van der Waals surface area contributed by atoms with Gasteiger partial charge in [-0.2, -0.15) is 12.6 Å². The van der Waals surface area contributed by atoms with E-state index in [9.17, 15) is 0 Å². The third-order valence-electron chi connectivity index (χ3n) is 2.01. The molecule has 0 fully saturated rings. The molecule has 86 valence electrons. The summed E-state index contributed by atoms with van der Waals surface area (Å²) >= 11 is 4.17. The van der Waals surface area contributed by atoms with Crippen LogP contribution in [0.5, 0.6) is 0 Å². The first-order valence-corrected chi connectivity index (χ1v) is 6.24. The molecule has 0 aliphatic rings. The lowest BCUT2D eigenvalue weighted by molar-refractivity contribution is -0.00455. The maximum atomic E-state index is 5.58. The lowest BCUT2D eigenvalue weighted by Gasteiger charge is -2.12. The van der Waals surface area contributed by atoms with Crippen LogP contribution in [-0.4, -0.2) is 31.7 Å². The zero-order valence-electron chi connectivity index (χ0n) is 9.50. The summed E-state index contributed by atoms with van der Waals surface area (Å²) in [5, 5.41) is 0. The molecule has 1 unspecified atom stereocenters. The molecule has 0 spiro atoms. The average Bonchev–Trinajstić information content (AvgIpc) is 2.20. The van der Waals surface area contributed by atoms with Gasteiger partial charge < -0.3 is 9.47 Å². The molecular weight excluding hydrogens is 196 g/mol. The molecule has 0 bridgehead atoms. The fraction of sp³-hybridized carbons (Fsp3) is 1.00. The first-order valence-electron chi connectivity index (χ1n) is 5.61. The SMILES string of the molecule is CCOCC(C)OCCCCCCS. The van der Waals surface area contributed by atoms with Crippen molar-refractivity contribution in [1.82, 2.24) is 0 Å². The Morgan fingerprint density at radius 1 is 1.14 bits per heavy atom. The van der Waals surface area contributed by atoms with Crippen LogP contribution >= 0.6 is 12.6 Å². The Morgan fingerprint density at radius 3 is 2.50 bits per heavy atom. The number of hydrogen-bond donors (Lipinski definition) is 1. The van der Waals surface area contributed by atoms with Gasteiger partial charge in [-0.15, -0.1) is 0 Å². The van der Waals surface area contributed by atoms with Crippen LogP contribution in [0.2, 0.25) is 0 Å². The molecule has 2 nitrogen and oxygen atoms in total. The van der Waals surface area contributed by atoms with Gasteiger partial charge in [0.15, 0.2) is 0 Å². The normalized spacial score (nSPS) is 13.1. The fourth-order valence-electron chi connectivity index (χ4n) is 1.18. The smallest absolute Gasteiger partial charge is 0.0780 e. The molecule has 3 heteroatoms. The van der Waals surface area contributed by atoms with E-state index in [-0.39, 0.29) is 6.10 Å². The first-order chi connectivity index (χ1) is 6.81. The van der Waals surface area contributed by atoms with E-state index in [4.69, 9.17) is 9.47 Å². The lowest BCUT2D eigenvalue weighted by atomic mass is 10.2. The molecule has 0 aliphatic carbocycles. The van der Waals surface area contributed by atoms with Gasteiger partial charge in [0.2, 0.25) is 0 Å². The first kappa shape index (κ1) is 14.3. The minimum atomic E-state index is 0.236. The van der Waals surface area contributed by atoms with Gasteiger partial charge in [-0.1, -0.05) is 12.8 Å². The predicted molar refractivity (Wildman–Crippen MR) is 64.2 cm³/mol. The maximum absolute atomic E-state index is 5.58. The highest BCUT2D eigenvalue weighted by molar-refractivity contribution is 7.80. The van der Waals surface area contributed by atoms with Crippen molar-refractivity contribution in [3.05, 3.63) is 0 Å². The van der Waals surface area contributed by atoms with E-state index >= 15 is 0 Å². The van der Waals surface area contributed by atoms with Crippen LogP contribution in [0.4, 0.5) is 0 Å². The van der Waals surface area contributed by atoms with Gasteiger partial charge in [0, 0.05) is 13.2 Å². The molecule has 0 saturated carbocycles. The van der Waals surface area contributed by atoms with Crippen molar-refractivity contribution < 1.29 is 9.47 Å². The molecule has 1 atom stereocenters. The zero-order valence-corrected chi connectivity index (χ0v) is 10.4. The molecule has 14 heavy (non-hydrogen) atoms. The molecule has 0 amide bonds. The Hall–Kier alpha value is 0.270. The monoisotopic (exact) mass is 220 g/mol. The van der Waals surface area contributed by atoms with Gasteiger partial charge in [-0.3, -0.25) is 0 Å². The molecule has 0 aromatic rings. The fourth-order valence-corrected chi connectivity index (χ4v) is 1.41. The van der Waals surface area contributed by atoms with Gasteiger partial charge in [0.1, 0.15) is 0 Å². The molecule has 0 N–H and O–H groups in total. The van der Waals surface area contributed by atoms with Crippen LogP contribution in [-0.2, 0) is 9.47 Å². The molecule has 0 aliphatic heterocycles. The number of thiol groups is 1. The predicted octanol–water partition coefficient (Wildman–Crippen LogP) is 2.92. The average molecular weight is 220 g/mol. The van der Waals surface area contributed by atoms with E-state index in [0.717, 1.165) is 25.4 Å². The second kappa shape index (κ2) is 11.3. The Balaban J connectivity index is 3.02. The minimum Gasteiger partial charge on any atom is -0.379 e. The third kappa shape index (κ3) is 10.4. The van der Waals surface area contributed by atoms with E-state index in [1.165, 1.54) is 19.3 Å². The molecule has 0 radical (unpaired) electrons. The topological polar surface area (TPSA) is 18.5 Å². The molecule has 0 rings (SSSR count). The molecule has 0 aromatic carbocycles. The summed E-state index contributed by atoms with van der Waals surface area (Å²) in [5.74, 6) is 1.00. The Labute approximate surface area is 93.8 Å². The van der Waals surface area contributed by atoms with Crippen LogP contribution in [0.25, 0.3) is 0 Å². The summed E-state index contributed by atoms with van der Waals surface area (Å²) in [4.78, 5) is 0. The third-order valence-corrected chi connectivity index (χ3v) is 2.33. The Bertz CT molecular complexity index is 109. The van der Waals surface area contributed by atoms with E-state index in [1.807, 2.05) is 6.92 Å². The van der Waals surface area contributed by atoms with Crippen LogP contribution in [0, 0.1) is 0 Å². The Kier molecular flexibility index (Phi) is 11.6.